The summed E-state index contributed by atoms with van der Waals surface area (Å²) in [5.74, 6) is 0.692. The summed E-state index contributed by atoms with van der Waals surface area (Å²) in [6.07, 6.45) is 0. The van der Waals surface area contributed by atoms with Crippen molar-refractivity contribution in [2.24, 2.45) is 0 Å². The van der Waals surface area contributed by atoms with Gasteiger partial charge in [0.1, 0.15) is 0 Å². The van der Waals surface area contributed by atoms with Gasteiger partial charge in [-0.1, -0.05) is 206 Å². The third-order valence-corrected chi connectivity index (χ3v) is 12.2. The normalized spacial score (nSPS) is 11.5. The highest BCUT2D eigenvalue weighted by molar-refractivity contribution is 6.27. The average Bonchev–Trinajstić information content (AvgIpc) is 3.71. The fourth-order valence-electron chi connectivity index (χ4n) is 9.20. The summed E-state index contributed by atoms with van der Waals surface area (Å²) in [6.45, 7) is 0. The second kappa shape index (κ2) is 15.2. The van der Waals surface area contributed by atoms with E-state index in [1.807, 2.05) is 24.3 Å². The van der Waals surface area contributed by atoms with Gasteiger partial charge in [-0.15, -0.1) is 0 Å². The molecule has 0 radical (unpaired) electrons. The Labute approximate surface area is 365 Å². The smallest absolute Gasteiger partial charge is 0.160 e. The van der Waals surface area contributed by atoms with E-state index in [0.717, 1.165) is 72.4 Å². The fourth-order valence-corrected chi connectivity index (χ4v) is 9.20. The molecule has 0 aliphatic rings. The van der Waals surface area contributed by atoms with Gasteiger partial charge in [-0.2, -0.15) is 0 Å². The maximum atomic E-state index is 5.58. The maximum absolute atomic E-state index is 5.58. The zero-order valence-corrected chi connectivity index (χ0v) is 34.2. The van der Waals surface area contributed by atoms with E-state index in [-0.39, 0.29) is 0 Å². The number of benzene rings is 9. The highest BCUT2D eigenvalue weighted by atomic mass is 15.0. The van der Waals surface area contributed by atoms with Crippen LogP contribution in [0.5, 0.6) is 0 Å². The van der Waals surface area contributed by atoms with Gasteiger partial charge >= 0.3 is 0 Å². The second-order valence-corrected chi connectivity index (χ2v) is 15.9. The summed E-state index contributed by atoms with van der Waals surface area (Å²) in [6, 6.07) is 81.4. The van der Waals surface area contributed by atoms with Gasteiger partial charge in [0.2, 0.25) is 0 Å². The highest BCUT2D eigenvalue weighted by Gasteiger charge is 2.21. The molecule has 0 fully saturated rings. The molecule has 0 aliphatic carbocycles. The molecule has 3 aromatic heterocycles. The number of nitrogens with zero attached hydrogens (tertiary/aromatic N) is 4. The summed E-state index contributed by atoms with van der Waals surface area (Å²) in [5, 5.41) is 5.87. The molecule has 0 N–H and O–H groups in total. The standard InChI is InChI=1S/C59H38N4/c1-5-16-39(17-6-1)40-28-32-42(33-29-40)52-38-53(61-59(60-52)45-20-9-3-10-21-45)43-34-30-41(31-35-43)47-25-15-26-50-55-51(56(62-57(47)50)44-18-7-2-8-19-44)37-36-49-48-24-13-14-27-54(48)63(58(49)55)46-22-11-4-12-23-46/h1-38H. The summed E-state index contributed by atoms with van der Waals surface area (Å²) in [7, 11) is 0. The van der Waals surface area contributed by atoms with Crippen molar-refractivity contribution in [2.45, 2.75) is 0 Å². The number of rotatable bonds is 7. The molecule has 9 aromatic carbocycles. The Bertz CT molecular complexity index is 3620. The van der Waals surface area contributed by atoms with Crippen LogP contribution in [0, 0.1) is 0 Å². The van der Waals surface area contributed by atoms with Crippen molar-refractivity contribution in [1.82, 2.24) is 19.5 Å². The van der Waals surface area contributed by atoms with Crippen LogP contribution in [0.15, 0.2) is 231 Å². The van der Waals surface area contributed by atoms with Crippen molar-refractivity contribution in [2.75, 3.05) is 0 Å². The highest BCUT2D eigenvalue weighted by Crippen LogP contribution is 2.44. The van der Waals surface area contributed by atoms with Crippen molar-refractivity contribution in [3.8, 4) is 73.1 Å². The lowest BCUT2D eigenvalue weighted by molar-refractivity contribution is 1.18. The van der Waals surface area contributed by atoms with E-state index < -0.39 is 0 Å². The molecule has 294 valence electrons. The van der Waals surface area contributed by atoms with Crippen molar-refractivity contribution in [3.05, 3.63) is 231 Å². The number of hydrogen-bond donors (Lipinski definition) is 0. The molecule has 4 heteroatoms. The van der Waals surface area contributed by atoms with Crippen molar-refractivity contribution in [1.29, 1.82) is 0 Å². The lowest BCUT2D eigenvalue weighted by Gasteiger charge is -2.16. The molecule has 0 amide bonds. The molecule has 3 heterocycles. The molecule has 63 heavy (non-hydrogen) atoms. The first-order valence-electron chi connectivity index (χ1n) is 21.4. The van der Waals surface area contributed by atoms with Gasteiger partial charge in [-0.05, 0) is 41.0 Å². The lowest BCUT2D eigenvalue weighted by Crippen LogP contribution is -1.97. The first-order chi connectivity index (χ1) is 31.2. The summed E-state index contributed by atoms with van der Waals surface area (Å²) < 4.78 is 2.43. The zero-order chi connectivity index (χ0) is 41.7. The number of aromatic nitrogens is 4. The number of fused-ring (bicyclic) bond motifs is 7. The van der Waals surface area contributed by atoms with E-state index in [1.54, 1.807) is 0 Å². The molecule has 12 rings (SSSR count). The first-order valence-corrected chi connectivity index (χ1v) is 21.4. The van der Waals surface area contributed by atoms with Gasteiger partial charge in [0.15, 0.2) is 5.82 Å². The monoisotopic (exact) mass is 802 g/mol. The fraction of sp³-hybridized carbons (Fsp3) is 0. The molecule has 0 atom stereocenters. The van der Waals surface area contributed by atoms with Gasteiger partial charge in [0, 0.05) is 60.4 Å². The molecule has 0 unspecified atom stereocenters. The van der Waals surface area contributed by atoms with E-state index in [9.17, 15) is 0 Å². The minimum absolute atomic E-state index is 0.692. The van der Waals surface area contributed by atoms with E-state index in [1.165, 1.54) is 38.3 Å². The van der Waals surface area contributed by atoms with Crippen molar-refractivity contribution >= 4 is 43.5 Å². The topological polar surface area (TPSA) is 43.6 Å². The Morgan fingerprint density at radius 2 is 0.825 bits per heavy atom. The second-order valence-electron chi connectivity index (χ2n) is 15.9. The summed E-state index contributed by atoms with van der Waals surface area (Å²) in [5.41, 5.74) is 15.8. The molecular formula is C59H38N4. The SMILES string of the molecule is c1ccc(-c2ccc(-c3cc(-c4ccc(-c5cccc6c5nc(-c5ccccc5)c5ccc7c8ccccc8n(-c8ccccc8)c7c56)cc4)nc(-c4ccccc4)n3)cc2)cc1. The molecular weight excluding hydrogens is 765 g/mol. The Hall–Kier alpha value is -8.47. The quantitative estimate of drug-likeness (QED) is 0.151. The average molecular weight is 803 g/mol. The molecule has 0 saturated carbocycles. The molecule has 12 aromatic rings. The number of para-hydroxylation sites is 3. The Morgan fingerprint density at radius 1 is 0.317 bits per heavy atom. The predicted octanol–water partition coefficient (Wildman–Crippen LogP) is 15.3. The summed E-state index contributed by atoms with van der Waals surface area (Å²) >= 11 is 0. The Kier molecular flexibility index (Phi) is 8.79. The van der Waals surface area contributed by atoms with Crippen LogP contribution in [0.1, 0.15) is 0 Å². The van der Waals surface area contributed by atoms with Gasteiger partial charge in [-0.25, -0.2) is 15.0 Å². The predicted molar refractivity (Wildman–Crippen MR) is 262 cm³/mol. The number of hydrogen-bond acceptors (Lipinski definition) is 3. The Balaban J connectivity index is 1.03. The lowest BCUT2D eigenvalue weighted by atomic mass is 9.94. The van der Waals surface area contributed by atoms with Crippen LogP contribution >= 0.6 is 0 Å². The van der Waals surface area contributed by atoms with Gasteiger partial charge in [-0.3, -0.25) is 0 Å². The zero-order valence-electron chi connectivity index (χ0n) is 34.2. The van der Waals surface area contributed by atoms with Crippen LogP contribution in [0.25, 0.3) is 117 Å². The number of pyridine rings is 1. The third kappa shape index (κ3) is 6.36. The molecule has 0 bridgehead atoms. The first kappa shape index (κ1) is 36.4. The third-order valence-electron chi connectivity index (χ3n) is 12.2. The molecule has 4 nitrogen and oxygen atoms in total. The largest absolute Gasteiger partial charge is 0.309 e. The molecule has 0 saturated heterocycles. The minimum atomic E-state index is 0.692. The van der Waals surface area contributed by atoms with Crippen LogP contribution in [0.3, 0.4) is 0 Å². The van der Waals surface area contributed by atoms with Crippen LogP contribution < -0.4 is 0 Å². The van der Waals surface area contributed by atoms with Gasteiger partial charge in [0.25, 0.3) is 0 Å². The molecule has 0 spiro atoms. The van der Waals surface area contributed by atoms with Crippen molar-refractivity contribution < 1.29 is 0 Å². The van der Waals surface area contributed by atoms with Crippen LogP contribution in [0.2, 0.25) is 0 Å². The van der Waals surface area contributed by atoms with Crippen LogP contribution in [-0.4, -0.2) is 19.5 Å². The Morgan fingerprint density at radius 3 is 1.49 bits per heavy atom. The van der Waals surface area contributed by atoms with Gasteiger partial charge in [0.05, 0.1) is 33.6 Å². The van der Waals surface area contributed by atoms with Crippen LogP contribution in [-0.2, 0) is 0 Å². The van der Waals surface area contributed by atoms with E-state index in [0.29, 0.717) is 5.82 Å². The van der Waals surface area contributed by atoms with Crippen molar-refractivity contribution in [3.63, 3.8) is 0 Å². The van der Waals surface area contributed by atoms with E-state index in [4.69, 9.17) is 15.0 Å². The summed E-state index contributed by atoms with van der Waals surface area (Å²) in [4.78, 5) is 15.8. The van der Waals surface area contributed by atoms with Crippen LogP contribution in [0.4, 0.5) is 0 Å². The maximum Gasteiger partial charge on any atom is 0.160 e. The van der Waals surface area contributed by atoms with Gasteiger partial charge < -0.3 is 4.57 Å². The minimum Gasteiger partial charge on any atom is -0.309 e. The molecule has 0 aliphatic heterocycles. The van der Waals surface area contributed by atoms with E-state index >= 15 is 0 Å². The van der Waals surface area contributed by atoms with E-state index in [2.05, 4.69) is 211 Å².